The highest BCUT2D eigenvalue weighted by atomic mass is 16.3. The molecule has 0 fully saturated rings. The Balaban J connectivity index is 0.000000111. The molecule has 0 saturated carbocycles. The van der Waals surface area contributed by atoms with Gasteiger partial charge in [-0.05, 0) is 266 Å². The molecule has 0 aliphatic heterocycles. The molecule has 0 N–H and O–H groups in total. The van der Waals surface area contributed by atoms with Crippen LogP contribution in [0.4, 0.5) is 0 Å². The average Bonchev–Trinajstić information content (AvgIpc) is 1.61. The maximum Gasteiger partial charge on any atom is 0.224 e. The van der Waals surface area contributed by atoms with E-state index in [1.165, 1.54) is 44.8 Å². The number of hydrogen-bond donors (Lipinski definition) is 0. The number of pyridine rings is 4. The first-order valence-electron chi connectivity index (χ1n) is 49.3. The number of aromatic nitrogens is 4. The number of nitrogens with zero attached hydrogens (tertiary/aromatic N) is 4. The molecule has 0 spiro atoms. The molecule has 1 atom stereocenters. The van der Waals surface area contributed by atoms with Crippen molar-refractivity contribution in [3.63, 3.8) is 0 Å². The highest BCUT2D eigenvalue weighted by Gasteiger charge is 2.30. The number of rotatable bonds is 6. The van der Waals surface area contributed by atoms with Crippen LogP contribution >= 0.6 is 0 Å². The largest absolute Gasteiger partial charge is 0.455 e. The number of hydrogen-bond acceptors (Lipinski definition) is 4. The van der Waals surface area contributed by atoms with Crippen molar-refractivity contribution < 1.29 is 55.1 Å². The third kappa shape index (κ3) is 13.3. The summed E-state index contributed by atoms with van der Waals surface area (Å²) >= 11 is 0. The van der Waals surface area contributed by atoms with E-state index < -0.39 is 39.2 Å². The Labute approximate surface area is 746 Å². The van der Waals surface area contributed by atoms with E-state index >= 15 is 0 Å². The monoisotopic (exact) mass is 1640 g/mol. The van der Waals surface area contributed by atoms with E-state index in [1.54, 1.807) is 30.3 Å². The number of fused-ring (bicyclic) bond motifs is 20. The Morgan fingerprint density at radius 3 is 0.920 bits per heavy atom. The second-order valence-electron chi connectivity index (χ2n) is 33.8. The van der Waals surface area contributed by atoms with Crippen molar-refractivity contribution >= 4 is 174 Å². The molecule has 0 amide bonds. The predicted octanol–water partition coefficient (Wildman–Crippen LogP) is 29.9. The molecule has 8 aromatic heterocycles. The predicted molar refractivity (Wildman–Crippen MR) is 523 cm³/mol. The van der Waals surface area contributed by atoms with Gasteiger partial charge in [0, 0.05) is 97.3 Å². The van der Waals surface area contributed by atoms with Gasteiger partial charge in [-0.15, -0.1) is 0 Å². The molecule has 0 bridgehead atoms. The van der Waals surface area contributed by atoms with Crippen LogP contribution in [-0.2, 0) is 28.2 Å². The maximum absolute atomic E-state index is 8.57. The first-order valence-corrected chi connectivity index (χ1v) is 42.3. The summed E-state index contributed by atoms with van der Waals surface area (Å²) in [6, 6.07) is 95.4. The van der Waals surface area contributed by atoms with Crippen molar-refractivity contribution in [2.24, 2.45) is 28.2 Å². The summed E-state index contributed by atoms with van der Waals surface area (Å²) in [5.74, 6) is -2.51. The van der Waals surface area contributed by atoms with Gasteiger partial charge in [0.25, 0.3) is 0 Å². The van der Waals surface area contributed by atoms with Gasteiger partial charge in [-0.1, -0.05) is 197 Å². The molecule has 24 aromatic rings. The van der Waals surface area contributed by atoms with Gasteiger partial charge in [0.2, 0.25) is 22.8 Å². The van der Waals surface area contributed by atoms with Crippen molar-refractivity contribution in [2.45, 2.75) is 87.7 Å². The van der Waals surface area contributed by atoms with Crippen LogP contribution in [0.15, 0.2) is 328 Å². The Morgan fingerprint density at radius 1 is 0.256 bits per heavy atom. The van der Waals surface area contributed by atoms with Gasteiger partial charge < -0.3 is 17.7 Å². The normalized spacial score (nSPS) is 14.6. The third-order valence-corrected chi connectivity index (χ3v) is 25.7. The number of furan rings is 4. The fourth-order valence-electron chi connectivity index (χ4n) is 18.9. The minimum atomic E-state index is -2.50. The molecule has 0 aliphatic carbocycles. The lowest BCUT2D eigenvalue weighted by molar-refractivity contribution is -0.659. The average molecular weight is 1640 g/mol. The summed E-state index contributed by atoms with van der Waals surface area (Å²) in [7, 11) is 7.97. The Bertz CT molecular complexity index is 9290. The highest BCUT2D eigenvalue weighted by molar-refractivity contribution is 6.19. The summed E-state index contributed by atoms with van der Waals surface area (Å²) in [6.45, 7) is 3.52. The van der Waals surface area contributed by atoms with Crippen molar-refractivity contribution in [3.05, 3.63) is 360 Å². The molecule has 606 valence electrons. The smallest absolute Gasteiger partial charge is 0.224 e. The first-order chi connectivity index (χ1) is 66.1. The zero-order valence-corrected chi connectivity index (χ0v) is 71.4. The lowest BCUT2D eigenvalue weighted by Gasteiger charge is -2.12. The second-order valence-corrected chi connectivity index (χ2v) is 33.8. The SMILES string of the molecule is Cc1ccc2c(oc3cc4ccccc4cc32)c1-c1cc2ccccc2c[n+]1C.[2H]C([2H])([2H])c1cc2c(oc3cc4ccccc4cc32)c(-c2c3ccc(C([2H])(C)C([2H])([2H])[2H])cc3cc[n+]2C)c1C.[2H]C([2H])([2H])c1cc2c(oc3cc4ccccc4cc32)c(-c2c3ccc(C([2H])(C)C)cc3cc[n+]2C)c1C.[2H]C([2H])([2H])c1cc2c(oc3cc4ccccc4cc32)c(-c2cc3ccccc3c[n+]2C)c1C. The molecule has 8 nitrogen and oxygen atoms in total. The van der Waals surface area contributed by atoms with Gasteiger partial charge >= 0.3 is 0 Å². The molecule has 125 heavy (non-hydrogen) atoms. The second kappa shape index (κ2) is 30.5. The van der Waals surface area contributed by atoms with E-state index in [0.29, 0.717) is 50.1 Å². The Hall–Kier alpha value is -14.6. The summed E-state index contributed by atoms with van der Waals surface area (Å²) in [5.41, 5.74) is 18.7. The van der Waals surface area contributed by atoms with Crippen LogP contribution in [-0.4, -0.2) is 0 Å². The zero-order chi connectivity index (χ0) is 97.5. The van der Waals surface area contributed by atoms with Gasteiger partial charge in [-0.25, -0.2) is 18.3 Å². The van der Waals surface area contributed by atoms with Crippen LogP contribution < -0.4 is 18.3 Å². The highest BCUT2D eigenvalue weighted by Crippen LogP contribution is 2.47. The molecule has 0 aliphatic rings. The van der Waals surface area contributed by atoms with Gasteiger partial charge in [0.05, 0.1) is 33.0 Å². The maximum atomic E-state index is 8.57. The zero-order valence-electron chi connectivity index (χ0n) is 85.4. The van der Waals surface area contributed by atoms with Crippen LogP contribution in [0, 0.1) is 48.3 Å². The number of aryl methyl sites for hydroxylation is 8. The summed E-state index contributed by atoms with van der Waals surface area (Å²) in [5, 5.41) is 24.4. The fourth-order valence-corrected chi connectivity index (χ4v) is 18.9. The van der Waals surface area contributed by atoms with E-state index in [0.717, 1.165) is 175 Å². The van der Waals surface area contributed by atoms with Crippen LogP contribution in [0.2, 0.25) is 0 Å². The van der Waals surface area contributed by atoms with Gasteiger partial charge in [-0.3, -0.25) is 0 Å². The van der Waals surface area contributed by atoms with Crippen molar-refractivity contribution in [2.75, 3.05) is 0 Å². The molecule has 8 heteroatoms. The van der Waals surface area contributed by atoms with Crippen molar-refractivity contribution in [1.82, 2.24) is 0 Å². The molecule has 0 radical (unpaired) electrons. The van der Waals surface area contributed by atoms with E-state index in [9.17, 15) is 0 Å². The van der Waals surface area contributed by atoms with Crippen molar-refractivity contribution in [3.8, 4) is 45.0 Å². The third-order valence-electron chi connectivity index (χ3n) is 25.7. The summed E-state index contributed by atoms with van der Waals surface area (Å²) in [4.78, 5) is 0. The van der Waals surface area contributed by atoms with E-state index in [4.69, 9.17) is 36.9 Å². The molecular formula is C117H98N4O4+4. The van der Waals surface area contributed by atoms with Crippen LogP contribution in [0.3, 0.4) is 0 Å². The summed E-state index contributed by atoms with van der Waals surface area (Å²) < 4.78 is 150. The molecular weight excluding hydrogens is 1530 g/mol. The summed E-state index contributed by atoms with van der Waals surface area (Å²) in [6.07, 6.45) is 8.12. The minimum Gasteiger partial charge on any atom is -0.455 e. The fraction of sp³-hybridized carbons (Fsp3) is 0.145. The standard InChI is InChI=1S/2C31H28NO.C28H22NO.C27H20NO/c2*1-18(2)21-10-11-25-24(15-21)12-13-32(5)30(25)29-20(4)19(3)14-27-26-16-22-8-6-7-9-23(22)17-28(26)33-31(27)29;1-17-12-24-23-13-19-8-4-5-10-21(19)15-26(23)30-28(24)27(18(17)2)25-14-20-9-6-7-11-22(20)16-29(25)3;1-17-11-12-22-23-13-18-7-3-4-9-20(18)15-25(23)29-27(22)26(17)24-14-19-8-5-6-10-21(19)16-28(24)2/h2*6-18H,1-5H3;4-16H,1-3H3;3-16H,1-2H3/q4*+1/i1D3,3D3,18D;3D3,18D;1D3;. The lowest BCUT2D eigenvalue weighted by Crippen LogP contribution is -2.31. The van der Waals surface area contributed by atoms with Crippen LogP contribution in [0.5, 0.6) is 0 Å². The first kappa shape index (κ1) is 63.4. The Kier molecular flexibility index (Phi) is 15.4. The van der Waals surface area contributed by atoms with Gasteiger partial charge in [0.15, 0.2) is 24.8 Å². The molecule has 24 rings (SSSR count). The van der Waals surface area contributed by atoms with Gasteiger partial charge in [-0.2, -0.15) is 0 Å². The number of benzene rings is 16. The lowest BCUT2D eigenvalue weighted by atomic mass is 9.92. The van der Waals surface area contributed by atoms with Crippen LogP contribution in [0.1, 0.15) is 109 Å². The van der Waals surface area contributed by atoms with Gasteiger partial charge in [0.1, 0.15) is 72.9 Å². The molecule has 16 aromatic carbocycles. The quantitative estimate of drug-likeness (QED) is 0.156. The minimum absolute atomic E-state index is 0.251. The van der Waals surface area contributed by atoms with Crippen LogP contribution in [0.25, 0.3) is 219 Å². The molecule has 1 unspecified atom stereocenters. The van der Waals surface area contributed by atoms with E-state index in [-0.39, 0.29) is 5.56 Å². The van der Waals surface area contributed by atoms with E-state index in [1.807, 2.05) is 193 Å². The molecule has 8 heterocycles. The Morgan fingerprint density at radius 2 is 0.560 bits per heavy atom. The topological polar surface area (TPSA) is 68.1 Å². The van der Waals surface area contributed by atoms with E-state index in [2.05, 4.69) is 175 Å². The van der Waals surface area contributed by atoms with Crippen molar-refractivity contribution in [1.29, 1.82) is 0 Å². The molecule has 0 saturated heterocycles.